The Morgan fingerprint density at radius 1 is 0.971 bits per heavy atom. The maximum absolute atomic E-state index is 14.3. The first-order valence-electron chi connectivity index (χ1n) is 11.1. The lowest BCUT2D eigenvalue weighted by atomic mass is 10.1. The Morgan fingerprint density at radius 3 is 2.31 bits per heavy atom. The van der Waals surface area contributed by atoms with E-state index in [1.807, 2.05) is 0 Å². The van der Waals surface area contributed by atoms with Crippen LogP contribution in [0, 0.1) is 11.7 Å². The van der Waals surface area contributed by atoms with E-state index < -0.39 is 21.8 Å². The Kier molecular flexibility index (Phi) is 7.25. The molecule has 4 rings (SSSR count). The number of halogens is 1. The van der Waals surface area contributed by atoms with E-state index >= 15 is 0 Å². The van der Waals surface area contributed by atoms with Crippen LogP contribution in [0.1, 0.15) is 28.8 Å². The average Bonchev–Trinajstić information content (AvgIpc) is 3.68. The molecule has 0 aromatic heterocycles. The summed E-state index contributed by atoms with van der Waals surface area (Å²) in [7, 11) is -1.26. The maximum Gasteiger partial charge on any atom is 0.339 e. The molecule has 0 spiro atoms. The molecule has 3 aromatic carbocycles. The number of rotatable bonds is 10. The van der Waals surface area contributed by atoms with Gasteiger partial charge in [0.25, 0.3) is 5.91 Å². The van der Waals surface area contributed by atoms with Crippen LogP contribution in [0.15, 0.2) is 71.6 Å². The van der Waals surface area contributed by atoms with E-state index in [0.29, 0.717) is 23.8 Å². The largest absolute Gasteiger partial charge is 0.497 e. The van der Waals surface area contributed by atoms with Crippen LogP contribution in [-0.2, 0) is 16.7 Å². The van der Waals surface area contributed by atoms with E-state index in [0.717, 1.165) is 12.8 Å². The van der Waals surface area contributed by atoms with Gasteiger partial charge in [0.05, 0.1) is 19.8 Å². The summed E-state index contributed by atoms with van der Waals surface area (Å²) in [5, 5.41) is 0. The SMILES string of the molecule is COc1ccc(S(=O)(=O)Oc2cc(CN(CC3CC3)C(=O)c3ccccc3F)ccc2OC)cc1. The van der Waals surface area contributed by atoms with Crippen LogP contribution in [-0.4, -0.2) is 40.0 Å². The number of ether oxygens (including phenoxy) is 2. The third-order valence-electron chi connectivity index (χ3n) is 5.72. The van der Waals surface area contributed by atoms with Crippen LogP contribution in [0.4, 0.5) is 4.39 Å². The summed E-state index contributed by atoms with van der Waals surface area (Å²) in [5.41, 5.74) is 0.622. The van der Waals surface area contributed by atoms with E-state index in [-0.39, 0.29) is 28.5 Å². The average molecular weight is 500 g/mol. The first-order chi connectivity index (χ1) is 16.8. The maximum atomic E-state index is 14.3. The van der Waals surface area contributed by atoms with Gasteiger partial charge in [-0.1, -0.05) is 18.2 Å². The summed E-state index contributed by atoms with van der Waals surface area (Å²) in [6.45, 7) is 0.645. The number of nitrogens with zero attached hydrogens (tertiary/aromatic N) is 1. The van der Waals surface area contributed by atoms with Crippen molar-refractivity contribution in [3.05, 3.63) is 83.7 Å². The summed E-state index contributed by atoms with van der Waals surface area (Å²) in [4.78, 5) is 14.7. The Hall–Kier alpha value is -3.59. The predicted octanol–water partition coefficient (Wildman–Crippen LogP) is 4.66. The zero-order chi connectivity index (χ0) is 25.0. The molecule has 0 aliphatic heterocycles. The van der Waals surface area contributed by atoms with Gasteiger partial charge in [0, 0.05) is 13.1 Å². The van der Waals surface area contributed by atoms with Crippen molar-refractivity contribution in [1.29, 1.82) is 0 Å². The highest BCUT2D eigenvalue weighted by molar-refractivity contribution is 7.87. The predicted molar refractivity (Wildman–Crippen MR) is 128 cm³/mol. The number of methoxy groups -OCH3 is 2. The van der Waals surface area contributed by atoms with Crippen LogP contribution < -0.4 is 13.7 Å². The lowest BCUT2D eigenvalue weighted by Crippen LogP contribution is -2.33. The highest BCUT2D eigenvalue weighted by atomic mass is 32.2. The van der Waals surface area contributed by atoms with Gasteiger partial charge >= 0.3 is 10.1 Å². The van der Waals surface area contributed by atoms with Crippen molar-refractivity contribution in [2.75, 3.05) is 20.8 Å². The highest BCUT2D eigenvalue weighted by Gasteiger charge is 2.29. The van der Waals surface area contributed by atoms with E-state index in [2.05, 4.69) is 0 Å². The van der Waals surface area contributed by atoms with Crippen LogP contribution in [0.2, 0.25) is 0 Å². The summed E-state index contributed by atoms with van der Waals surface area (Å²) in [5.74, 6) is 0.0984. The summed E-state index contributed by atoms with van der Waals surface area (Å²) in [6, 6.07) is 16.5. The van der Waals surface area contributed by atoms with Gasteiger partial charge in [0.2, 0.25) is 0 Å². The van der Waals surface area contributed by atoms with Crippen LogP contribution in [0.3, 0.4) is 0 Å². The van der Waals surface area contributed by atoms with E-state index in [1.165, 1.54) is 62.8 Å². The van der Waals surface area contributed by atoms with Crippen LogP contribution in [0.5, 0.6) is 17.2 Å². The zero-order valence-corrected chi connectivity index (χ0v) is 20.3. The lowest BCUT2D eigenvalue weighted by molar-refractivity contribution is 0.0730. The normalized spacial score (nSPS) is 13.2. The number of carbonyl (C=O) groups is 1. The van der Waals surface area contributed by atoms with Gasteiger partial charge in [0.1, 0.15) is 16.5 Å². The van der Waals surface area contributed by atoms with Crippen molar-refractivity contribution >= 4 is 16.0 Å². The Morgan fingerprint density at radius 2 is 1.69 bits per heavy atom. The fourth-order valence-electron chi connectivity index (χ4n) is 3.65. The van der Waals surface area contributed by atoms with Crippen molar-refractivity contribution in [2.24, 2.45) is 5.92 Å². The number of benzene rings is 3. The van der Waals surface area contributed by atoms with Gasteiger partial charge in [-0.15, -0.1) is 0 Å². The fraction of sp³-hybridized carbons (Fsp3) is 0.269. The first kappa shape index (κ1) is 24.5. The highest BCUT2D eigenvalue weighted by Crippen LogP contribution is 2.34. The zero-order valence-electron chi connectivity index (χ0n) is 19.4. The van der Waals surface area contributed by atoms with Gasteiger partial charge < -0.3 is 18.6 Å². The number of hydrogen-bond donors (Lipinski definition) is 0. The van der Waals surface area contributed by atoms with Gasteiger partial charge in [0.15, 0.2) is 11.5 Å². The Labute approximate surface area is 204 Å². The Bertz CT molecular complexity index is 1310. The second kappa shape index (κ2) is 10.4. The molecule has 1 amide bonds. The number of hydrogen-bond acceptors (Lipinski definition) is 6. The van der Waals surface area contributed by atoms with Crippen LogP contribution in [0.25, 0.3) is 0 Å². The third kappa shape index (κ3) is 5.92. The molecule has 0 atom stereocenters. The molecule has 0 heterocycles. The van der Waals surface area contributed by atoms with Crippen molar-refractivity contribution in [2.45, 2.75) is 24.3 Å². The van der Waals surface area contributed by atoms with Crippen molar-refractivity contribution < 1.29 is 31.3 Å². The molecule has 3 aromatic rings. The molecule has 1 aliphatic rings. The molecule has 184 valence electrons. The molecular weight excluding hydrogens is 473 g/mol. The topological polar surface area (TPSA) is 82.1 Å². The van der Waals surface area contributed by atoms with Gasteiger partial charge in [-0.2, -0.15) is 8.42 Å². The van der Waals surface area contributed by atoms with Crippen molar-refractivity contribution in [3.8, 4) is 17.2 Å². The molecule has 1 fully saturated rings. The van der Waals surface area contributed by atoms with E-state index in [4.69, 9.17) is 13.7 Å². The standard InChI is InChI=1S/C26H26FNO6S/c1-32-20-10-12-21(13-11-20)35(30,31)34-25-15-19(9-14-24(25)33-2)17-28(16-18-7-8-18)26(29)22-5-3-4-6-23(22)27/h3-6,9-15,18H,7-8,16-17H2,1-2H3. The van der Waals surface area contributed by atoms with E-state index in [9.17, 15) is 17.6 Å². The summed E-state index contributed by atoms with van der Waals surface area (Å²) >= 11 is 0. The van der Waals surface area contributed by atoms with Crippen molar-refractivity contribution in [1.82, 2.24) is 4.90 Å². The summed E-state index contributed by atoms with van der Waals surface area (Å²) in [6.07, 6.45) is 2.02. The minimum absolute atomic E-state index is 0.000202. The van der Waals surface area contributed by atoms with Gasteiger partial charge in [-0.05, 0) is 72.9 Å². The molecule has 0 bridgehead atoms. The van der Waals surface area contributed by atoms with Crippen molar-refractivity contribution in [3.63, 3.8) is 0 Å². The lowest BCUT2D eigenvalue weighted by Gasteiger charge is -2.23. The molecule has 1 saturated carbocycles. The van der Waals surface area contributed by atoms with Gasteiger partial charge in [-0.3, -0.25) is 4.79 Å². The van der Waals surface area contributed by atoms with Gasteiger partial charge in [-0.25, -0.2) is 4.39 Å². The molecule has 0 unspecified atom stereocenters. The molecule has 9 heteroatoms. The van der Waals surface area contributed by atoms with E-state index in [1.54, 1.807) is 23.1 Å². The summed E-state index contributed by atoms with van der Waals surface area (Å²) < 4.78 is 55.8. The quantitative estimate of drug-likeness (QED) is 0.377. The Balaban J connectivity index is 1.60. The smallest absolute Gasteiger partial charge is 0.339 e. The molecule has 1 aliphatic carbocycles. The van der Waals surface area contributed by atoms with Crippen LogP contribution >= 0.6 is 0 Å². The monoisotopic (exact) mass is 499 g/mol. The first-order valence-corrected chi connectivity index (χ1v) is 12.5. The second-order valence-electron chi connectivity index (χ2n) is 8.31. The fourth-order valence-corrected chi connectivity index (χ4v) is 4.58. The minimum atomic E-state index is -4.16. The minimum Gasteiger partial charge on any atom is -0.497 e. The molecular formula is C26H26FNO6S. The molecule has 0 radical (unpaired) electrons. The molecule has 0 N–H and O–H groups in total. The molecule has 0 saturated heterocycles. The number of carbonyl (C=O) groups excluding carboxylic acids is 1. The second-order valence-corrected chi connectivity index (χ2v) is 9.85. The third-order valence-corrected chi connectivity index (χ3v) is 6.96. The molecule has 35 heavy (non-hydrogen) atoms. The number of amides is 1. The molecule has 7 nitrogen and oxygen atoms in total.